The number of aliphatic carboxylic acids is 1. The van der Waals surface area contributed by atoms with Crippen molar-refractivity contribution in [3.63, 3.8) is 0 Å². The predicted octanol–water partition coefficient (Wildman–Crippen LogP) is 3.82. The highest BCUT2D eigenvalue weighted by molar-refractivity contribution is 6.30. The van der Waals surface area contributed by atoms with Crippen molar-refractivity contribution in [1.29, 1.82) is 0 Å². The molecule has 4 heteroatoms. The van der Waals surface area contributed by atoms with Crippen LogP contribution in [0, 0.1) is 0 Å². The second-order valence-electron chi connectivity index (χ2n) is 5.04. The molecule has 0 amide bonds. The molecule has 0 heterocycles. The molecule has 0 unspecified atom stereocenters. The molecule has 0 saturated carbocycles. The Morgan fingerprint density at radius 1 is 1.19 bits per heavy atom. The van der Waals surface area contributed by atoms with Crippen LogP contribution in [0.15, 0.2) is 48.5 Å². The minimum atomic E-state index is -0.810. The second kappa shape index (κ2) is 7.25. The van der Waals surface area contributed by atoms with Crippen LogP contribution in [0.2, 0.25) is 5.02 Å². The average Bonchev–Trinajstić information content (AvgIpc) is 2.45. The van der Waals surface area contributed by atoms with Gasteiger partial charge in [-0.15, -0.1) is 0 Å². The maximum atomic E-state index is 10.6. The number of rotatable bonds is 6. The van der Waals surface area contributed by atoms with Crippen molar-refractivity contribution in [2.45, 2.75) is 25.9 Å². The molecular weight excluding hydrogens is 286 g/mol. The molecule has 2 aromatic carbocycles. The van der Waals surface area contributed by atoms with Crippen LogP contribution in [0.1, 0.15) is 29.7 Å². The quantitative estimate of drug-likeness (QED) is 0.853. The number of hydrogen-bond acceptors (Lipinski definition) is 2. The summed E-state index contributed by atoms with van der Waals surface area (Å²) in [5.41, 5.74) is 3.08. The van der Waals surface area contributed by atoms with Gasteiger partial charge in [-0.05, 0) is 35.7 Å². The third-order valence-electron chi connectivity index (χ3n) is 3.34. The van der Waals surface area contributed by atoms with Crippen LogP contribution in [0.5, 0.6) is 0 Å². The van der Waals surface area contributed by atoms with Gasteiger partial charge in [0, 0.05) is 17.6 Å². The number of nitrogens with one attached hydrogen (secondary N) is 1. The Balaban J connectivity index is 1.92. The first kappa shape index (κ1) is 15.5. The fourth-order valence-electron chi connectivity index (χ4n) is 2.11. The van der Waals surface area contributed by atoms with Gasteiger partial charge in [0.25, 0.3) is 0 Å². The molecule has 0 aromatic heterocycles. The van der Waals surface area contributed by atoms with E-state index in [1.165, 1.54) is 0 Å². The number of carbonyl (C=O) groups is 1. The van der Waals surface area contributed by atoms with Crippen LogP contribution in [0.25, 0.3) is 0 Å². The van der Waals surface area contributed by atoms with Gasteiger partial charge in [0.15, 0.2) is 0 Å². The molecule has 0 aliphatic rings. The van der Waals surface area contributed by atoms with E-state index in [9.17, 15) is 4.79 Å². The molecular formula is C17H18ClNO2. The van der Waals surface area contributed by atoms with Gasteiger partial charge in [-0.1, -0.05) is 48.0 Å². The Morgan fingerprint density at radius 2 is 1.86 bits per heavy atom. The molecule has 1 atom stereocenters. The van der Waals surface area contributed by atoms with Crippen molar-refractivity contribution in [2.24, 2.45) is 0 Å². The molecule has 2 rings (SSSR count). The number of hydrogen-bond donors (Lipinski definition) is 2. The van der Waals surface area contributed by atoms with Crippen LogP contribution in [0.4, 0.5) is 0 Å². The minimum Gasteiger partial charge on any atom is -0.481 e. The monoisotopic (exact) mass is 303 g/mol. The van der Waals surface area contributed by atoms with Crippen LogP contribution in [0.3, 0.4) is 0 Å². The third-order valence-corrected chi connectivity index (χ3v) is 3.57. The third kappa shape index (κ3) is 4.88. The van der Waals surface area contributed by atoms with Gasteiger partial charge in [0.05, 0.1) is 6.42 Å². The number of carboxylic acid groups (broad SMARTS) is 1. The van der Waals surface area contributed by atoms with Gasteiger partial charge in [-0.25, -0.2) is 0 Å². The lowest BCUT2D eigenvalue weighted by molar-refractivity contribution is -0.136. The zero-order valence-electron chi connectivity index (χ0n) is 11.8. The van der Waals surface area contributed by atoms with Crippen LogP contribution < -0.4 is 5.32 Å². The lowest BCUT2D eigenvalue weighted by Crippen LogP contribution is -2.18. The van der Waals surface area contributed by atoms with E-state index in [0.717, 1.165) is 28.3 Å². The first-order valence-corrected chi connectivity index (χ1v) is 7.21. The predicted molar refractivity (Wildman–Crippen MR) is 84.5 cm³/mol. The van der Waals surface area contributed by atoms with Gasteiger partial charge in [-0.2, -0.15) is 0 Å². The smallest absolute Gasteiger partial charge is 0.307 e. The maximum absolute atomic E-state index is 10.6. The summed E-state index contributed by atoms with van der Waals surface area (Å²) in [7, 11) is 0. The molecule has 0 spiro atoms. The molecule has 0 bridgehead atoms. The summed E-state index contributed by atoms with van der Waals surface area (Å²) in [6, 6.07) is 15.6. The fourth-order valence-corrected chi connectivity index (χ4v) is 2.31. The first-order chi connectivity index (χ1) is 10.0. The Bertz CT molecular complexity index is 610. The van der Waals surface area contributed by atoms with Crippen molar-refractivity contribution in [1.82, 2.24) is 5.32 Å². The van der Waals surface area contributed by atoms with Gasteiger partial charge in [0.2, 0.25) is 0 Å². The first-order valence-electron chi connectivity index (χ1n) is 6.83. The highest BCUT2D eigenvalue weighted by atomic mass is 35.5. The largest absolute Gasteiger partial charge is 0.481 e. The summed E-state index contributed by atoms with van der Waals surface area (Å²) in [5, 5.41) is 12.9. The van der Waals surface area contributed by atoms with Crippen molar-refractivity contribution in [2.75, 3.05) is 0 Å². The van der Waals surface area contributed by atoms with Gasteiger partial charge in [-0.3, -0.25) is 4.79 Å². The van der Waals surface area contributed by atoms with Crippen molar-refractivity contribution in [3.05, 3.63) is 70.2 Å². The molecule has 21 heavy (non-hydrogen) atoms. The lowest BCUT2D eigenvalue weighted by atomic mass is 10.1. The highest BCUT2D eigenvalue weighted by Gasteiger charge is 2.06. The van der Waals surface area contributed by atoms with E-state index in [4.69, 9.17) is 16.7 Å². The number of carboxylic acids is 1. The summed E-state index contributed by atoms with van der Waals surface area (Å²) in [6.45, 7) is 2.81. The maximum Gasteiger partial charge on any atom is 0.307 e. The Hall–Kier alpha value is -1.84. The fraction of sp³-hybridized carbons (Fsp3) is 0.235. The standard InChI is InChI=1S/C17H18ClNO2/c1-12(15-3-2-4-16(18)10-15)19-11-14-7-5-13(6-8-14)9-17(20)21/h2-8,10,12,19H,9,11H2,1H3,(H,20,21)/t12-/m0/s1. The molecule has 0 saturated heterocycles. The van der Waals surface area contributed by atoms with E-state index < -0.39 is 5.97 Å². The number of halogens is 1. The zero-order chi connectivity index (χ0) is 15.2. The van der Waals surface area contributed by atoms with Crippen LogP contribution in [-0.2, 0) is 17.8 Å². The molecule has 0 aliphatic carbocycles. The van der Waals surface area contributed by atoms with Crippen LogP contribution in [-0.4, -0.2) is 11.1 Å². The summed E-state index contributed by atoms with van der Waals surface area (Å²) >= 11 is 5.99. The summed E-state index contributed by atoms with van der Waals surface area (Å²) in [4.78, 5) is 10.6. The SMILES string of the molecule is C[C@H](NCc1ccc(CC(=O)O)cc1)c1cccc(Cl)c1. The summed E-state index contributed by atoms with van der Waals surface area (Å²) < 4.78 is 0. The topological polar surface area (TPSA) is 49.3 Å². The van der Waals surface area contributed by atoms with Gasteiger partial charge in [0.1, 0.15) is 0 Å². The van der Waals surface area contributed by atoms with Gasteiger partial charge < -0.3 is 10.4 Å². The molecule has 0 radical (unpaired) electrons. The number of benzene rings is 2. The molecule has 0 aliphatic heterocycles. The Morgan fingerprint density at radius 3 is 2.48 bits per heavy atom. The van der Waals surface area contributed by atoms with E-state index in [2.05, 4.69) is 12.2 Å². The van der Waals surface area contributed by atoms with E-state index in [1.54, 1.807) is 0 Å². The highest BCUT2D eigenvalue weighted by Crippen LogP contribution is 2.17. The van der Waals surface area contributed by atoms with E-state index in [-0.39, 0.29) is 12.5 Å². The van der Waals surface area contributed by atoms with Crippen molar-refractivity contribution >= 4 is 17.6 Å². The zero-order valence-corrected chi connectivity index (χ0v) is 12.6. The average molecular weight is 304 g/mol. The molecule has 2 aromatic rings. The second-order valence-corrected chi connectivity index (χ2v) is 5.48. The summed E-state index contributed by atoms with van der Waals surface area (Å²) in [5.74, 6) is -0.810. The molecule has 3 nitrogen and oxygen atoms in total. The van der Waals surface area contributed by atoms with E-state index in [1.807, 2.05) is 48.5 Å². The Labute approximate surface area is 129 Å². The lowest BCUT2D eigenvalue weighted by Gasteiger charge is -2.14. The molecule has 2 N–H and O–H groups in total. The molecule has 0 fully saturated rings. The Kier molecular flexibility index (Phi) is 5.37. The summed E-state index contributed by atoms with van der Waals surface area (Å²) in [6.07, 6.45) is 0.0621. The molecule has 110 valence electrons. The van der Waals surface area contributed by atoms with E-state index in [0.29, 0.717) is 0 Å². The minimum absolute atomic E-state index is 0.0621. The van der Waals surface area contributed by atoms with Crippen LogP contribution >= 0.6 is 11.6 Å². The van der Waals surface area contributed by atoms with Crippen molar-refractivity contribution < 1.29 is 9.90 Å². The van der Waals surface area contributed by atoms with Gasteiger partial charge >= 0.3 is 5.97 Å². The van der Waals surface area contributed by atoms with E-state index >= 15 is 0 Å². The van der Waals surface area contributed by atoms with Crippen molar-refractivity contribution in [3.8, 4) is 0 Å². The normalized spacial score (nSPS) is 12.1.